The van der Waals surface area contributed by atoms with Crippen LogP contribution in [-0.4, -0.2) is 36.1 Å². The molecule has 3 unspecified atom stereocenters. The standard InChI is InChI=1S/C15H30N2/c1-4-8-15(9-5-10-16-15)12-17-11-13(2)6-7-14(17)3/h13-14,16H,4-12H2,1-3H3. The minimum absolute atomic E-state index is 0.445. The van der Waals surface area contributed by atoms with Crippen LogP contribution >= 0.6 is 0 Å². The molecule has 2 saturated heterocycles. The zero-order valence-corrected chi connectivity index (χ0v) is 12.0. The van der Waals surface area contributed by atoms with Crippen molar-refractivity contribution in [2.24, 2.45) is 5.92 Å². The van der Waals surface area contributed by atoms with Crippen LogP contribution in [0, 0.1) is 5.92 Å². The van der Waals surface area contributed by atoms with Crippen molar-refractivity contribution in [2.45, 2.75) is 70.9 Å². The summed E-state index contributed by atoms with van der Waals surface area (Å²) in [4.78, 5) is 2.75. The molecule has 2 fully saturated rings. The van der Waals surface area contributed by atoms with E-state index < -0.39 is 0 Å². The molecule has 0 aromatic rings. The Hall–Kier alpha value is -0.0800. The van der Waals surface area contributed by atoms with Crippen LogP contribution in [0.2, 0.25) is 0 Å². The Morgan fingerprint density at radius 3 is 2.76 bits per heavy atom. The fourth-order valence-corrected chi connectivity index (χ4v) is 3.76. The number of likely N-dealkylation sites (tertiary alicyclic amines) is 1. The number of nitrogens with one attached hydrogen (secondary N) is 1. The maximum Gasteiger partial charge on any atom is 0.0309 e. The normalized spacial score (nSPS) is 39.7. The molecule has 2 heterocycles. The molecule has 2 nitrogen and oxygen atoms in total. The summed E-state index contributed by atoms with van der Waals surface area (Å²) in [6.45, 7) is 11.0. The number of hydrogen-bond acceptors (Lipinski definition) is 2. The summed E-state index contributed by atoms with van der Waals surface area (Å²) in [5, 5.41) is 3.81. The quantitative estimate of drug-likeness (QED) is 0.810. The third-order valence-corrected chi connectivity index (χ3v) is 4.81. The van der Waals surface area contributed by atoms with E-state index in [1.54, 1.807) is 0 Å². The van der Waals surface area contributed by atoms with Gasteiger partial charge in [0, 0.05) is 24.7 Å². The molecule has 100 valence electrons. The fourth-order valence-electron chi connectivity index (χ4n) is 3.76. The Morgan fingerprint density at radius 2 is 2.12 bits per heavy atom. The van der Waals surface area contributed by atoms with Crippen molar-refractivity contribution in [3.8, 4) is 0 Å². The van der Waals surface area contributed by atoms with Crippen LogP contribution in [0.15, 0.2) is 0 Å². The van der Waals surface area contributed by atoms with Crippen molar-refractivity contribution in [1.29, 1.82) is 0 Å². The first-order valence-electron chi connectivity index (χ1n) is 7.64. The van der Waals surface area contributed by atoms with E-state index in [0.29, 0.717) is 5.54 Å². The minimum Gasteiger partial charge on any atom is -0.310 e. The largest absolute Gasteiger partial charge is 0.310 e. The van der Waals surface area contributed by atoms with E-state index in [1.165, 1.54) is 58.2 Å². The van der Waals surface area contributed by atoms with Gasteiger partial charge in [-0.3, -0.25) is 4.90 Å². The Bertz CT molecular complexity index is 233. The Labute approximate surface area is 107 Å². The zero-order chi connectivity index (χ0) is 12.3. The van der Waals surface area contributed by atoms with Crippen molar-refractivity contribution in [3.05, 3.63) is 0 Å². The van der Waals surface area contributed by atoms with Gasteiger partial charge in [-0.05, 0) is 51.5 Å². The zero-order valence-electron chi connectivity index (χ0n) is 12.0. The topological polar surface area (TPSA) is 15.3 Å². The predicted octanol–water partition coefficient (Wildman–Crippen LogP) is 3.03. The van der Waals surface area contributed by atoms with Gasteiger partial charge in [0.25, 0.3) is 0 Å². The predicted molar refractivity (Wildman–Crippen MR) is 74.3 cm³/mol. The summed E-state index contributed by atoms with van der Waals surface area (Å²) in [6, 6.07) is 0.794. The molecular weight excluding hydrogens is 208 g/mol. The molecule has 0 saturated carbocycles. The molecule has 17 heavy (non-hydrogen) atoms. The van der Waals surface area contributed by atoms with Gasteiger partial charge in [0.1, 0.15) is 0 Å². The van der Waals surface area contributed by atoms with Gasteiger partial charge in [0.05, 0.1) is 0 Å². The fraction of sp³-hybridized carbons (Fsp3) is 1.00. The molecule has 2 rings (SSSR count). The Morgan fingerprint density at radius 1 is 1.29 bits per heavy atom. The first kappa shape index (κ1) is 13.4. The van der Waals surface area contributed by atoms with Crippen LogP contribution in [0.3, 0.4) is 0 Å². The summed E-state index contributed by atoms with van der Waals surface area (Å²) >= 11 is 0. The van der Waals surface area contributed by atoms with Crippen LogP contribution in [-0.2, 0) is 0 Å². The van der Waals surface area contributed by atoms with Crippen LogP contribution in [0.25, 0.3) is 0 Å². The van der Waals surface area contributed by atoms with Gasteiger partial charge in [-0.1, -0.05) is 20.3 Å². The lowest BCUT2D eigenvalue weighted by atomic mass is 9.88. The van der Waals surface area contributed by atoms with E-state index in [2.05, 4.69) is 31.0 Å². The molecule has 0 amide bonds. The molecule has 0 aromatic carbocycles. The summed E-state index contributed by atoms with van der Waals surface area (Å²) in [5.41, 5.74) is 0.445. The van der Waals surface area contributed by atoms with E-state index in [-0.39, 0.29) is 0 Å². The summed E-state index contributed by atoms with van der Waals surface area (Å²) in [6.07, 6.45) is 8.24. The molecule has 2 heteroatoms. The smallest absolute Gasteiger partial charge is 0.0309 e. The minimum atomic E-state index is 0.445. The van der Waals surface area contributed by atoms with Gasteiger partial charge in [0.15, 0.2) is 0 Å². The average Bonchev–Trinajstić information content (AvgIpc) is 2.73. The first-order valence-corrected chi connectivity index (χ1v) is 7.64. The number of rotatable bonds is 4. The molecule has 0 radical (unpaired) electrons. The maximum atomic E-state index is 3.81. The highest BCUT2D eigenvalue weighted by molar-refractivity contribution is 4.96. The lowest BCUT2D eigenvalue weighted by Gasteiger charge is -2.43. The molecule has 2 aliphatic heterocycles. The van der Waals surface area contributed by atoms with E-state index >= 15 is 0 Å². The van der Waals surface area contributed by atoms with Gasteiger partial charge in [-0.25, -0.2) is 0 Å². The van der Waals surface area contributed by atoms with Crippen molar-refractivity contribution < 1.29 is 0 Å². The number of hydrogen-bond donors (Lipinski definition) is 1. The molecule has 1 N–H and O–H groups in total. The highest BCUT2D eigenvalue weighted by Crippen LogP contribution is 2.29. The summed E-state index contributed by atoms with van der Waals surface area (Å²) in [5.74, 6) is 0.895. The van der Waals surface area contributed by atoms with Gasteiger partial charge < -0.3 is 5.32 Å². The van der Waals surface area contributed by atoms with Crippen LogP contribution < -0.4 is 5.32 Å². The Balaban J connectivity index is 1.96. The highest BCUT2D eigenvalue weighted by atomic mass is 15.2. The molecule has 2 aliphatic rings. The maximum absolute atomic E-state index is 3.81. The third kappa shape index (κ3) is 3.23. The van der Waals surface area contributed by atoms with Crippen LogP contribution in [0.1, 0.15) is 59.3 Å². The van der Waals surface area contributed by atoms with E-state index in [9.17, 15) is 0 Å². The number of piperidine rings is 1. The lowest BCUT2D eigenvalue weighted by molar-refractivity contribution is 0.0861. The molecule has 0 aromatic heterocycles. The highest BCUT2D eigenvalue weighted by Gasteiger charge is 2.36. The van der Waals surface area contributed by atoms with E-state index in [0.717, 1.165) is 12.0 Å². The second kappa shape index (κ2) is 5.71. The van der Waals surface area contributed by atoms with Crippen molar-refractivity contribution in [2.75, 3.05) is 19.6 Å². The SMILES string of the molecule is CCCC1(CN2CC(C)CCC2C)CCCN1. The van der Waals surface area contributed by atoms with Gasteiger partial charge in [-0.15, -0.1) is 0 Å². The molecule has 0 bridgehead atoms. The van der Waals surface area contributed by atoms with Gasteiger partial charge in [0.2, 0.25) is 0 Å². The van der Waals surface area contributed by atoms with Gasteiger partial charge >= 0.3 is 0 Å². The van der Waals surface area contributed by atoms with Crippen LogP contribution in [0.4, 0.5) is 0 Å². The average molecular weight is 238 g/mol. The van der Waals surface area contributed by atoms with E-state index in [4.69, 9.17) is 0 Å². The van der Waals surface area contributed by atoms with Crippen molar-refractivity contribution in [3.63, 3.8) is 0 Å². The monoisotopic (exact) mass is 238 g/mol. The van der Waals surface area contributed by atoms with Crippen molar-refractivity contribution in [1.82, 2.24) is 10.2 Å². The second-order valence-corrected chi connectivity index (χ2v) is 6.52. The molecule has 3 atom stereocenters. The molecular formula is C15H30N2. The first-order chi connectivity index (χ1) is 8.15. The summed E-state index contributed by atoms with van der Waals surface area (Å²) < 4.78 is 0. The van der Waals surface area contributed by atoms with E-state index in [1.807, 2.05) is 0 Å². The molecule has 0 aliphatic carbocycles. The molecule has 0 spiro atoms. The third-order valence-electron chi connectivity index (χ3n) is 4.81. The van der Waals surface area contributed by atoms with Crippen molar-refractivity contribution >= 4 is 0 Å². The Kier molecular flexibility index (Phi) is 4.48. The number of nitrogens with zero attached hydrogens (tertiary/aromatic N) is 1. The van der Waals surface area contributed by atoms with Gasteiger partial charge in [-0.2, -0.15) is 0 Å². The lowest BCUT2D eigenvalue weighted by Crippen LogP contribution is -2.54. The second-order valence-electron chi connectivity index (χ2n) is 6.52. The summed E-state index contributed by atoms with van der Waals surface area (Å²) in [7, 11) is 0. The van der Waals surface area contributed by atoms with Crippen LogP contribution in [0.5, 0.6) is 0 Å².